The summed E-state index contributed by atoms with van der Waals surface area (Å²) >= 11 is 0. The minimum Gasteiger partial charge on any atom is -0.548 e. The molecule has 8 nitrogen and oxygen atoms in total. The van der Waals surface area contributed by atoms with Gasteiger partial charge in [0.05, 0.1) is 12.0 Å². The molecule has 0 saturated carbocycles. The van der Waals surface area contributed by atoms with Crippen LogP contribution in [0.3, 0.4) is 0 Å². The molecule has 3 atom stereocenters. The number of nitrogens with one attached hydrogen (secondary N) is 3. The largest absolute Gasteiger partial charge is 0.548 e. The summed E-state index contributed by atoms with van der Waals surface area (Å²) in [5.41, 5.74) is 0. The summed E-state index contributed by atoms with van der Waals surface area (Å²) in [7, 11) is 0. The third-order valence-electron chi connectivity index (χ3n) is 2.69. The monoisotopic (exact) mass is 227 g/mol. The van der Waals surface area contributed by atoms with Crippen molar-refractivity contribution in [3.8, 4) is 0 Å². The predicted octanol–water partition coefficient (Wildman–Crippen LogP) is -2.49. The molecule has 0 aromatic heterocycles. The van der Waals surface area contributed by atoms with Gasteiger partial charge in [0, 0.05) is 0 Å². The Morgan fingerprint density at radius 2 is 2.12 bits per heavy atom. The van der Waals surface area contributed by atoms with E-state index in [9.17, 15) is 19.5 Å². The Balaban J connectivity index is 2.22. The fraction of sp³-hybridized carbons (Fsp3) is 0.625. The quantitative estimate of drug-likeness (QED) is 0.494. The molecule has 2 aliphatic heterocycles. The zero-order chi connectivity index (χ0) is 11.9. The summed E-state index contributed by atoms with van der Waals surface area (Å²) in [6, 6.07) is -2.01. The molecule has 0 radical (unpaired) electrons. The highest BCUT2D eigenvalue weighted by Crippen LogP contribution is 2.18. The number of carbonyl (C=O) groups is 3. The highest BCUT2D eigenvalue weighted by molar-refractivity contribution is 5.88. The second kappa shape index (κ2) is 3.54. The lowest BCUT2D eigenvalue weighted by molar-refractivity contribution is -0.311. The van der Waals surface area contributed by atoms with Crippen LogP contribution in [-0.4, -0.2) is 41.3 Å². The van der Waals surface area contributed by atoms with Gasteiger partial charge >= 0.3 is 12.1 Å². The van der Waals surface area contributed by atoms with Crippen LogP contribution in [0.4, 0.5) is 9.59 Å². The van der Waals surface area contributed by atoms with Gasteiger partial charge < -0.3 is 25.9 Å². The first-order chi connectivity index (χ1) is 7.54. The molecule has 0 bridgehead atoms. The van der Waals surface area contributed by atoms with Crippen LogP contribution in [0.1, 0.15) is 13.3 Å². The first-order valence-corrected chi connectivity index (χ1v) is 4.91. The van der Waals surface area contributed by atoms with E-state index in [0.717, 1.165) is 4.90 Å². The van der Waals surface area contributed by atoms with Crippen LogP contribution >= 0.6 is 0 Å². The minimum absolute atomic E-state index is 0.217. The molecule has 2 heterocycles. The second-order valence-electron chi connectivity index (χ2n) is 3.64. The second-order valence-corrected chi connectivity index (χ2v) is 3.64. The highest BCUT2D eigenvalue weighted by Gasteiger charge is 2.48. The normalized spacial score (nSPS) is 29.2. The van der Waals surface area contributed by atoms with E-state index in [-0.39, 0.29) is 6.42 Å². The van der Waals surface area contributed by atoms with Crippen molar-refractivity contribution in [1.29, 1.82) is 0 Å². The van der Waals surface area contributed by atoms with Crippen molar-refractivity contribution in [2.75, 3.05) is 0 Å². The van der Waals surface area contributed by atoms with E-state index in [1.54, 1.807) is 6.92 Å². The molecule has 0 unspecified atom stereocenters. The van der Waals surface area contributed by atoms with E-state index < -0.39 is 36.4 Å². The van der Waals surface area contributed by atoms with Crippen LogP contribution in [-0.2, 0) is 4.79 Å². The molecule has 2 rings (SSSR count). The Kier molecular flexibility index (Phi) is 2.33. The van der Waals surface area contributed by atoms with E-state index >= 15 is 0 Å². The Bertz CT molecular complexity index is 358. The van der Waals surface area contributed by atoms with E-state index in [0.29, 0.717) is 0 Å². The number of amides is 4. The number of fused-ring (bicyclic) bond motifs is 1. The predicted molar refractivity (Wildman–Crippen MR) is 48.7 cm³/mol. The molecular weight excluding hydrogens is 216 g/mol. The number of carbonyl (C=O) groups excluding carboxylic acids is 3. The molecule has 2 saturated heterocycles. The van der Waals surface area contributed by atoms with Gasteiger partial charge in [0.2, 0.25) is 0 Å². The number of rotatable bonds is 3. The van der Waals surface area contributed by atoms with Crippen molar-refractivity contribution < 1.29 is 19.5 Å². The van der Waals surface area contributed by atoms with Gasteiger partial charge in [0.1, 0.15) is 12.3 Å². The summed E-state index contributed by atoms with van der Waals surface area (Å²) in [5, 5.41) is 18.3. The van der Waals surface area contributed by atoms with E-state index in [1.165, 1.54) is 0 Å². The van der Waals surface area contributed by atoms with Crippen molar-refractivity contribution >= 4 is 18.0 Å². The van der Waals surface area contributed by atoms with Crippen molar-refractivity contribution in [3.05, 3.63) is 0 Å². The van der Waals surface area contributed by atoms with Crippen molar-refractivity contribution in [3.63, 3.8) is 0 Å². The van der Waals surface area contributed by atoms with Gasteiger partial charge in [-0.1, -0.05) is 6.92 Å². The van der Waals surface area contributed by atoms with Crippen molar-refractivity contribution in [2.45, 2.75) is 31.7 Å². The van der Waals surface area contributed by atoms with E-state index in [1.807, 2.05) is 0 Å². The van der Waals surface area contributed by atoms with Crippen LogP contribution in [0.25, 0.3) is 0 Å². The van der Waals surface area contributed by atoms with Crippen molar-refractivity contribution in [2.24, 2.45) is 0 Å². The lowest BCUT2D eigenvalue weighted by Crippen LogP contribution is -2.55. The summed E-state index contributed by atoms with van der Waals surface area (Å²) in [4.78, 5) is 34.5. The Morgan fingerprint density at radius 3 is 2.69 bits per heavy atom. The Morgan fingerprint density at radius 1 is 1.44 bits per heavy atom. The number of hydrogen-bond donors (Lipinski definition) is 3. The van der Waals surface area contributed by atoms with Gasteiger partial charge in [-0.25, -0.2) is 9.59 Å². The standard InChI is InChI=1S/C8H12N4O4/c1-2-3(6(13)14)12-5-4(10-8(12)16)9-7(15)11-5/h3-5H,2H2,1H3,(H,10,16)(H,13,14)(H2,9,11,15)/p-1/t3-,4+,5-/m1/s1. The Labute approximate surface area is 91.0 Å². The number of hydrogen-bond acceptors (Lipinski definition) is 4. The molecular formula is C8H11N4O4-. The van der Waals surface area contributed by atoms with Crippen molar-refractivity contribution in [1.82, 2.24) is 20.9 Å². The van der Waals surface area contributed by atoms with Gasteiger partial charge in [-0.05, 0) is 6.42 Å². The lowest BCUT2D eigenvalue weighted by atomic mass is 10.2. The topological polar surface area (TPSA) is 114 Å². The molecule has 2 fully saturated rings. The molecule has 3 N–H and O–H groups in total. The van der Waals surface area contributed by atoms with Gasteiger partial charge in [-0.2, -0.15) is 0 Å². The van der Waals surface area contributed by atoms with Crippen LogP contribution in [0, 0.1) is 0 Å². The lowest BCUT2D eigenvalue weighted by Gasteiger charge is -2.30. The fourth-order valence-electron chi connectivity index (χ4n) is 1.97. The summed E-state index contributed by atoms with van der Waals surface area (Å²) in [6.07, 6.45) is -1.05. The summed E-state index contributed by atoms with van der Waals surface area (Å²) < 4.78 is 0. The molecule has 8 heteroatoms. The van der Waals surface area contributed by atoms with Gasteiger partial charge in [0.15, 0.2) is 0 Å². The van der Waals surface area contributed by atoms with Gasteiger partial charge in [-0.15, -0.1) is 0 Å². The van der Waals surface area contributed by atoms with Gasteiger partial charge in [-0.3, -0.25) is 4.90 Å². The van der Waals surface area contributed by atoms with Crippen LogP contribution in [0.15, 0.2) is 0 Å². The number of nitrogens with zero attached hydrogens (tertiary/aromatic N) is 1. The smallest absolute Gasteiger partial charge is 0.321 e. The average Bonchev–Trinajstić information content (AvgIpc) is 2.65. The van der Waals surface area contributed by atoms with E-state index in [2.05, 4.69) is 16.0 Å². The third-order valence-corrected chi connectivity index (χ3v) is 2.69. The number of aliphatic carboxylic acids is 1. The molecule has 0 spiro atoms. The summed E-state index contributed by atoms with van der Waals surface area (Å²) in [5.74, 6) is -1.33. The molecule has 4 amide bonds. The maximum atomic E-state index is 11.5. The maximum Gasteiger partial charge on any atom is 0.321 e. The van der Waals surface area contributed by atoms with Gasteiger partial charge in [0.25, 0.3) is 0 Å². The van der Waals surface area contributed by atoms with Crippen LogP contribution < -0.4 is 21.1 Å². The minimum atomic E-state index is -1.33. The molecule has 0 aromatic rings. The molecule has 16 heavy (non-hydrogen) atoms. The maximum absolute atomic E-state index is 11.5. The van der Waals surface area contributed by atoms with E-state index in [4.69, 9.17) is 0 Å². The number of urea groups is 2. The fourth-order valence-corrected chi connectivity index (χ4v) is 1.97. The average molecular weight is 227 g/mol. The SMILES string of the molecule is CC[C@H](C(=O)[O-])N1C(=O)N[C@@H]2NC(=O)N[C@@H]21. The Hall–Kier alpha value is -1.99. The first-order valence-electron chi connectivity index (χ1n) is 4.91. The first kappa shape index (κ1) is 10.5. The zero-order valence-electron chi connectivity index (χ0n) is 8.52. The summed E-state index contributed by atoms with van der Waals surface area (Å²) in [6.45, 7) is 1.63. The molecule has 0 aliphatic carbocycles. The molecule has 2 aliphatic rings. The number of carboxylic acids is 1. The highest BCUT2D eigenvalue weighted by atomic mass is 16.4. The van der Waals surface area contributed by atoms with Crippen LogP contribution in [0.5, 0.6) is 0 Å². The molecule has 0 aromatic carbocycles. The van der Waals surface area contributed by atoms with Crippen LogP contribution in [0.2, 0.25) is 0 Å². The third kappa shape index (κ3) is 1.42. The molecule has 88 valence electrons. The zero-order valence-corrected chi connectivity index (χ0v) is 8.52. The number of carboxylic acid groups (broad SMARTS) is 1.